The fourth-order valence-electron chi connectivity index (χ4n) is 1.29. The maximum absolute atomic E-state index is 8.73. The maximum Gasteiger partial charge on any atom is 0.139 e. The maximum atomic E-state index is 8.73. The topological polar surface area (TPSA) is 63.5 Å². The molecular formula is C9H11N3O. The van der Waals surface area contributed by atoms with Crippen LogP contribution in [0, 0.1) is 0 Å². The van der Waals surface area contributed by atoms with Crippen LogP contribution >= 0.6 is 0 Å². The summed E-state index contributed by atoms with van der Waals surface area (Å²) in [6.07, 6.45) is 4.34. The number of nitrogens with two attached hydrogens (primary N) is 1. The fraction of sp³-hybridized carbons (Fsp3) is 0.222. The molecule has 0 amide bonds. The third-order valence-corrected chi connectivity index (χ3v) is 1.90. The first-order chi connectivity index (χ1) is 6.29. The molecule has 0 saturated heterocycles. The molecule has 2 aromatic rings. The zero-order valence-electron chi connectivity index (χ0n) is 7.14. The van der Waals surface area contributed by atoms with Crippen LogP contribution in [0.15, 0.2) is 24.5 Å². The molecule has 0 saturated carbocycles. The molecule has 3 N–H and O–H groups in total. The molecule has 0 atom stereocenters. The summed E-state index contributed by atoms with van der Waals surface area (Å²) in [4.78, 5) is 4.29. The number of aromatic nitrogens is 2. The number of fused-ring (bicyclic) bond motifs is 1. The summed E-state index contributed by atoms with van der Waals surface area (Å²) in [5.41, 5.74) is 8.01. The van der Waals surface area contributed by atoms with E-state index in [4.69, 9.17) is 10.8 Å². The Labute approximate surface area is 75.6 Å². The average Bonchev–Trinajstić information content (AvgIpc) is 2.46. The summed E-state index contributed by atoms with van der Waals surface area (Å²) < 4.78 is 1.89. The van der Waals surface area contributed by atoms with Crippen molar-refractivity contribution < 1.29 is 5.11 Å². The van der Waals surface area contributed by atoms with Gasteiger partial charge in [0.05, 0.1) is 5.69 Å². The van der Waals surface area contributed by atoms with Crippen LogP contribution in [0.25, 0.3) is 5.65 Å². The number of rotatable bonds is 2. The van der Waals surface area contributed by atoms with E-state index in [9.17, 15) is 0 Å². The highest BCUT2D eigenvalue weighted by molar-refractivity contribution is 5.52. The monoisotopic (exact) mass is 177 g/mol. The standard InChI is InChI=1S/C9H11N3O/c10-7-1-3-12-6-8(2-4-13)11-9(12)5-7/h1,3,5-6,13H,2,4,10H2. The molecule has 68 valence electrons. The van der Waals surface area contributed by atoms with Crippen molar-refractivity contribution >= 4 is 11.3 Å². The van der Waals surface area contributed by atoms with Crippen molar-refractivity contribution in [2.45, 2.75) is 6.42 Å². The van der Waals surface area contributed by atoms with Gasteiger partial charge in [-0.2, -0.15) is 0 Å². The number of pyridine rings is 1. The Bertz CT molecular complexity index is 422. The third-order valence-electron chi connectivity index (χ3n) is 1.90. The van der Waals surface area contributed by atoms with Gasteiger partial charge in [-0.15, -0.1) is 0 Å². The summed E-state index contributed by atoms with van der Waals surface area (Å²) >= 11 is 0. The van der Waals surface area contributed by atoms with Gasteiger partial charge in [-0.05, 0) is 6.07 Å². The molecule has 0 aliphatic heterocycles. The number of aliphatic hydroxyl groups excluding tert-OH is 1. The molecule has 2 heterocycles. The summed E-state index contributed by atoms with van der Waals surface area (Å²) in [6.45, 7) is 0.124. The van der Waals surface area contributed by atoms with Gasteiger partial charge in [0.2, 0.25) is 0 Å². The van der Waals surface area contributed by atoms with E-state index in [1.54, 1.807) is 6.07 Å². The molecule has 0 radical (unpaired) electrons. The normalized spacial score (nSPS) is 10.8. The van der Waals surface area contributed by atoms with Crippen molar-refractivity contribution in [1.82, 2.24) is 9.38 Å². The number of hydrogen-bond acceptors (Lipinski definition) is 3. The van der Waals surface area contributed by atoms with E-state index in [-0.39, 0.29) is 6.61 Å². The number of nitrogens with zero attached hydrogens (tertiary/aromatic N) is 2. The minimum absolute atomic E-state index is 0.124. The second kappa shape index (κ2) is 3.06. The highest BCUT2D eigenvalue weighted by atomic mass is 16.3. The molecule has 0 aromatic carbocycles. The van der Waals surface area contributed by atoms with Crippen molar-refractivity contribution in [3.63, 3.8) is 0 Å². The van der Waals surface area contributed by atoms with Gasteiger partial charge in [0.1, 0.15) is 5.65 Å². The number of hydrogen-bond donors (Lipinski definition) is 2. The van der Waals surface area contributed by atoms with Crippen LogP contribution in [0.5, 0.6) is 0 Å². The third kappa shape index (κ3) is 1.48. The van der Waals surface area contributed by atoms with Crippen molar-refractivity contribution in [2.24, 2.45) is 0 Å². The smallest absolute Gasteiger partial charge is 0.139 e. The first-order valence-corrected chi connectivity index (χ1v) is 4.13. The Morgan fingerprint density at radius 1 is 1.54 bits per heavy atom. The number of aliphatic hydroxyl groups is 1. The Kier molecular flexibility index (Phi) is 1.90. The van der Waals surface area contributed by atoms with Gasteiger partial charge in [-0.3, -0.25) is 0 Å². The largest absolute Gasteiger partial charge is 0.399 e. The number of nitrogen functional groups attached to an aromatic ring is 1. The van der Waals surface area contributed by atoms with Crippen LogP contribution in [0.1, 0.15) is 5.69 Å². The molecule has 0 unspecified atom stereocenters. The molecular weight excluding hydrogens is 166 g/mol. The van der Waals surface area contributed by atoms with Gasteiger partial charge < -0.3 is 15.2 Å². The van der Waals surface area contributed by atoms with Crippen molar-refractivity contribution in [2.75, 3.05) is 12.3 Å². The van der Waals surface area contributed by atoms with Crippen molar-refractivity contribution in [1.29, 1.82) is 0 Å². The minimum Gasteiger partial charge on any atom is -0.399 e. The van der Waals surface area contributed by atoms with Crippen LogP contribution in [0.3, 0.4) is 0 Å². The zero-order valence-corrected chi connectivity index (χ0v) is 7.14. The highest BCUT2D eigenvalue weighted by Gasteiger charge is 2.00. The lowest BCUT2D eigenvalue weighted by molar-refractivity contribution is 0.298. The van der Waals surface area contributed by atoms with Gasteiger partial charge in [-0.25, -0.2) is 4.98 Å². The molecule has 2 aromatic heterocycles. The van der Waals surface area contributed by atoms with E-state index in [1.807, 2.05) is 22.9 Å². The zero-order chi connectivity index (χ0) is 9.26. The summed E-state index contributed by atoms with van der Waals surface area (Å²) in [5.74, 6) is 0. The summed E-state index contributed by atoms with van der Waals surface area (Å²) in [7, 11) is 0. The Morgan fingerprint density at radius 2 is 2.38 bits per heavy atom. The molecule has 2 rings (SSSR count). The van der Waals surface area contributed by atoms with Gasteiger partial charge >= 0.3 is 0 Å². The van der Waals surface area contributed by atoms with Crippen LogP contribution in [0.2, 0.25) is 0 Å². The highest BCUT2D eigenvalue weighted by Crippen LogP contribution is 2.09. The predicted octanol–water partition coefficient (Wildman–Crippen LogP) is 0.451. The van der Waals surface area contributed by atoms with Crippen LogP contribution in [-0.2, 0) is 6.42 Å². The van der Waals surface area contributed by atoms with Gasteiger partial charge in [-0.1, -0.05) is 0 Å². The van der Waals surface area contributed by atoms with E-state index in [0.717, 1.165) is 11.3 Å². The molecule has 4 heteroatoms. The number of imidazole rings is 1. The van der Waals surface area contributed by atoms with Crippen molar-refractivity contribution in [3.8, 4) is 0 Å². The Hall–Kier alpha value is -1.55. The van der Waals surface area contributed by atoms with E-state index in [1.165, 1.54) is 0 Å². The first-order valence-electron chi connectivity index (χ1n) is 4.13. The fourth-order valence-corrected chi connectivity index (χ4v) is 1.29. The molecule has 0 bridgehead atoms. The molecule has 13 heavy (non-hydrogen) atoms. The SMILES string of the molecule is Nc1ccn2cc(CCO)nc2c1. The second-order valence-electron chi connectivity index (χ2n) is 2.93. The molecule has 0 spiro atoms. The van der Waals surface area contributed by atoms with Crippen LogP contribution < -0.4 is 5.73 Å². The van der Waals surface area contributed by atoms with E-state index < -0.39 is 0 Å². The van der Waals surface area contributed by atoms with E-state index >= 15 is 0 Å². The first kappa shape index (κ1) is 8.07. The Morgan fingerprint density at radius 3 is 3.15 bits per heavy atom. The molecule has 0 aliphatic rings. The summed E-state index contributed by atoms with van der Waals surface area (Å²) in [5, 5.41) is 8.73. The summed E-state index contributed by atoms with van der Waals surface area (Å²) in [6, 6.07) is 3.62. The lowest BCUT2D eigenvalue weighted by atomic mass is 10.4. The molecule has 0 fully saturated rings. The predicted molar refractivity (Wildman–Crippen MR) is 50.4 cm³/mol. The van der Waals surface area contributed by atoms with E-state index in [0.29, 0.717) is 12.1 Å². The van der Waals surface area contributed by atoms with Gasteiger partial charge in [0, 0.05) is 37.2 Å². The Balaban J connectivity index is 2.49. The lowest BCUT2D eigenvalue weighted by Gasteiger charge is -1.92. The van der Waals surface area contributed by atoms with E-state index in [2.05, 4.69) is 4.98 Å². The lowest BCUT2D eigenvalue weighted by Crippen LogP contribution is -1.89. The van der Waals surface area contributed by atoms with Gasteiger partial charge in [0.25, 0.3) is 0 Å². The quantitative estimate of drug-likeness (QED) is 0.700. The van der Waals surface area contributed by atoms with Gasteiger partial charge in [0.15, 0.2) is 0 Å². The second-order valence-corrected chi connectivity index (χ2v) is 2.93. The minimum atomic E-state index is 0.124. The average molecular weight is 177 g/mol. The molecule has 4 nitrogen and oxygen atoms in total. The van der Waals surface area contributed by atoms with Crippen LogP contribution in [-0.4, -0.2) is 21.1 Å². The van der Waals surface area contributed by atoms with Crippen molar-refractivity contribution in [3.05, 3.63) is 30.2 Å². The van der Waals surface area contributed by atoms with Crippen LogP contribution in [0.4, 0.5) is 5.69 Å². The molecule has 0 aliphatic carbocycles. The number of anilines is 1.